The Hall–Kier alpha value is -1.13. The number of halogens is 1. The Morgan fingerprint density at radius 2 is 1.95 bits per heavy atom. The predicted molar refractivity (Wildman–Crippen MR) is 82.8 cm³/mol. The molecule has 1 fully saturated rings. The highest BCUT2D eigenvalue weighted by atomic mass is 35.5. The fraction of sp³-hybridized carbons (Fsp3) is 0.625. The molecule has 1 aliphatic heterocycles. The molecular weight excluding hydrogens is 290 g/mol. The lowest BCUT2D eigenvalue weighted by Crippen LogP contribution is -2.38. The first kappa shape index (κ1) is 14.8. The summed E-state index contributed by atoms with van der Waals surface area (Å²) in [5.74, 6) is 2.17. The zero-order valence-corrected chi connectivity index (χ0v) is 13.2. The molecule has 1 aliphatic carbocycles. The summed E-state index contributed by atoms with van der Waals surface area (Å²) in [7, 11) is 1.65. The van der Waals surface area contributed by atoms with Crippen molar-refractivity contribution in [3.05, 3.63) is 16.7 Å². The molecule has 21 heavy (non-hydrogen) atoms. The monoisotopic (exact) mass is 311 g/mol. The topological polar surface area (TPSA) is 53.7 Å². The number of fused-ring (bicyclic) bond motifs is 1. The molecule has 0 saturated heterocycles. The molecule has 0 aromatic heterocycles. The van der Waals surface area contributed by atoms with Crippen LogP contribution >= 0.6 is 11.6 Å². The molecular formula is C16H22ClNO3. The molecule has 0 radical (unpaired) electrons. The summed E-state index contributed by atoms with van der Waals surface area (Å²) in [6, 6.07) is 1.78. The second-order valence-corrected chi connectivity index (χ2v) is 6.24. The van der Waals surface area contributed by atoms with Crippen LogP contribution in [0.5, 0.6) is 17.2 Å². The first-order valence-corrected chi connectivity index (χ1v) is 7.96. The fourth-order valence-corrected chi connectivity index (χ4v) is 3.87. The van der Waals surface area contributed by atoms with Crippen molar-refractivity contribution in [3.8, 4) is 17.2 Å². The Morgan fingerprint density at radius 3 is 2.62 bits per heavy atom. The van der Waals surface area contributed by atoms with Crippen LogP contribution in [0.25, 0.3) is 0 Å². The maximum atomic E-state index is 6.40. The van der Waals surface area contributed by atoms with Crippen LogP contribution in [-0.4, -0.2) is 26.9 Å². The number of ether oxygens (including phenoxy) is 3. The van der Waals surface area contributed by atoms with Crippen LogP contribution in [0.1, 0.15) is 37.7 Å². The standard InChI is InChI=1S/C16H22ClNO3/c1-19-14-11(17)9-12-15(21-8-7-20-12)13(14)16(10-18)5-3-2-4-6-16/h9H,2-8,10,18H2,1H3. The van der Waals surface area contributed by atoms with Gasteiger partial charge in [-0.3, -0.25) is 0 Å². The molecule has 1 aromatic carbocycles. The van der Waals surface area contributed by atoms with E-state index in [2.05, 4.69) is 0 Å². The normalized spacial score (nSPS) is 20.1. The SMILES string of the molecule is COc1c(Cl)cc2c(c1C1(CN)CCCCC1)OCCO2. The highest BCUT2D eigenvalue weighted by Crippen LogP contribution is 2.53. The van der Waals surface area contributed by atoms with Crippen LogP contribution in [0.4, 0.5) is 0 Å². The lowest BCUT2D eigenvalue weighted by atomic mass is 9.68. The number of nitrogens with two attached hydrogens (primary N) is 1. The minimum absolute atomic E-state index is 0.126. The summed E-state index contributed by atoms with van der Waals surface area (Å²) in [4.78, 5) is 0. The minimum atomic E-state index is -0.126. The molecule has 2 N–H and O–H groups in total. The third-order valence-electron chi connectivity index (χ3n) is 4.68. The molecule has 4 nitrogen and oxygen atoms in total. The van der Waals surface area contributed by atoms with E-state index in [1.54, 1.807) is 13.2 Å². The molecule has 1 saturated carbocycles. The van der Waals surface area contributed by atoms with Gasteiger partial charge in [0.05, 0.1) is 12.1 Å². The molecule has 5 heteroatoms. The lowest BCUT2D eigenvalue weighted by molar-refractivity contribution is 0.162. The highest BCUT2D eigenvalue weighted by molar-refractivity contribution is 6.32. The van der Waals surface area contributed by atoms with Crippen LogP contribution in [0.15, 0.2) is 6.07 Å². The smallest absolute Gasteiger partial charge is 0.168 e. The first-order chi connectivity index (χ1) is 10.2. The van der Waals surface area contributed by atoms with E-state index < -0.39 is 0 Å². The average Bonchev–Trinajstić information content (AvgIpc) is 2.54. The maximum Gasteiger partial charge on any atom is 0.168 e. The predicted octanol–water partition coefficient (Wildman–Crippen LogP) is 3.28. The van der Waals surface area contributed by atoms with Gasteiger partial charge in [0.1, 0.15) is 19.0 Å². The van der Waals surface area contributed by atoms with Crippen LogP contribution in [0.3, 0.4) is 0 Å². The largest absolute Gasteiger partial charge is 0.495 e. The molecule has 116 valence electrons. The van der Waals surface area contributed by atoms with Crippen molar-refractivity contribution >= 4 is 11.6 Å². The van der Waals surface area contributed by atoms with Gasteiger partial charge in [0, 0.05) is 23.6 Å². The van der Waals surface area contributed by atoms with Crippen molar-refractivity contribution in [2.75, 3.05) is 26.9 Å². The van der Waals surface area contributed by atoms with Gasteiger partial charge >= 0.3 is 0 Å². The number of hydrogen-bond acceptors (Lipinski definition) is 4. The molecule has 1 heterocycles. The third-order valence-corrected chi connectivity index (χ3v) is 4.96. The highest BCUT2D eigenvalue weighted by Gasteiger charge is 2.40. The molecule has 0 spiro atoms. The second-order valence-electron chi connectivity index (χ2n) is 5.84. The Kier molecular flexibility index (Phi) is 4.18. The van der Waals surface area contributed by atoms with Gasteiger partial charge in [0.2, 0.25) is 0 Å². The van der Waals surface area contributed by atoms with E-state index in [-0.39, 0.29) is 5.41 Å². The van der Waals surface area contributed by atoms with Gasteiger partial charge in [-0.15, -0.1) is 0 Å². The van der Waals surface area contributed by atoms with Gasteiger partial charge in [-0.1, -0.05) is 30.9 Å². The minimum Gasteiger partial charge on any atom is -0.495 e. The van der Waals surface area contributed by atoms with E-state index in [4.69, 9.17) is 31.5 Å². The number of methoxy groups -OCH3 is 1. The second kappa shape index (κ2) is 5.93. The quantitative estimate of drug-likeness (QED) is 0.930. The van der Waals surface area contributed by atoms with Crippen LogP contribution in [0.2, 0.25) is 5.02 Å². The zero-order chi connectivity index (χ0) is 14.9. The van der Waals surface area contributed by atoms with Crippen molar-refractivity contribution in [1.82, 2.24) is 0 Å². The lowest BCUT2D eigenvalue weighted by Gasteiger charge is -2.39. The van der Waals surface area contributed by atoms with Gasteiger partial charge in [0.15, 0.2) is 11.5 Å². The Bertz CT molecular complexity index is 527. The summed E-state index contributed by atoms with van der Waals surface area (Å²) in [5, 5.41) is 0.565. The van der Waals surface area contributed by atoms with E-state index in [1.165, 1.54) is 19.3 Å². The summed E-state index contributed by atoms with van der Waals surface area (Å²) in [5.41, 5.74) is 7.07. The van der Waals surface area contributed by atoms with Crippen molar-refractivity contribution in [2.24, 2.45) is 5.73 Å². The Balaban J connectivity index is 2.20. The van der Waals surface area contributed by atoms with Gasteiger partial charge in [-0.2, -0.15) is 0 Å². The molecule has 2 aliphatic rings. The zero-order valence-electron chi connectivity index (χ0n) is 12.4. The van der Waals surface area contributed by atoms with Gasteiger partial charge < -0.3 is 19.9 Å². The van der Waals surface area contributed by atoms with E-state index in [0.29, 0.717) is 36.3 Å². The maximum absolute atomic E-state index is 6.40. The number of hydrogen-bond donors (Lipinski definition) is 1. The van der Waals surface area contributed by atoms with Crippen molar-refractivity contribution < 1.29 is 14.2 Å². The summed E-state index contributed by atoms with van der Waals surface area (Å²) in [6.07, 6.45) is 5.67. The summed E-state index contributed by atoms with van der Waals surface area (Å²) >= 11 is 6.40. The molecule has 0 amide bonds. The summed E-state index contributed by atoms with van der Waals surface area (Å²) < 4.78 is 17.2. The van der Waals surface area contributed by atoms with Gasteiger partial charge in [0.25, 0.3) is 0 Å². The molecule has 0 atom stereocenters. The van der Waals surface area contributed by atoms with Crippen molar-refractivity contribution in [3.63, 3.8) is 0 Å². The Labute approximate surface area is 130 Å². The van der Waals surface area contributed by atoms with Crippen LogP contribution in [0, 0.1) is 0 Å². The van der Waals surface area contributed by atoms with Crippen molar-refractivity contribution in [2.45, 2.75) is 37.5 Å². The fourth-order valence-electron chi connectivity index (χ4n) is 3.60. The molecule has 0 bridgehead atoms. The Morgan fingerprint density at radius 1 is 1.24 bits per heavy atom. The van der Waals surface area contributed by atoms with E-state index in [1.807, 2.05) is 0 Å². The summed E-state index contributed by atoms with van der Waals surface area (Å²) in [6.45, 7) is 1.66. The first-order valence-electron chi connectivity index (χ1n) is 7.58. The number of rotatable bonds is 3. The molecule has 0 unspecified atom stereocenters. The molecule has 1 aromatic rings. The average molecular weight is 312 g/mol. The van der Waals surface area contributed by atoms with Crippen LogP contribution < -0.4 is 19.9 Å². The van der Waals surface area contributed by atoms with Crippen LogP contribution in [-0.2, 0) is 5.41 Å². The van der Waals surface area contributed by atoms with E-state index >= 15 is 0 Å². The van der Waals surface area contributed by atoms with Gasteiger partial charge in [-0.05, 0) is 12.8 Å². The number of benzene rings is 1. The van der Waals surface area contributed by atoms with Crippen molar-refractivity contribution in [1.29, 1.82) is 0 Å². The molecule has 3 rings (SSSR count). The van der Waals surface area contributed by atoms with Gasteiger partial charge in [-0.25, -0.2) is 0 Å². The van der Waals surface area contributed by atoms with E-state index in [9.17, 15) is 0 Å². The van der Waals surface area contributed by atoms with E-state index in [0.717, 1.165) is 24.2 Å². The third kappa shape index (κ3) is 2.44.